The van der Waals surface area contributed by atoms with E-state index in [9.17, 15) is 9.59 Å². The number of fused-ring (bicyclic) bond motifs is 1. The Balaban J connectivity index is 1.61. The van der Waals surface area contributed by atoms with Crippen LogP contribution in [0, 0.1) is 0 Å². The van der Waals surface area contributed by atoms with Crippen molar-refractivity contribution in [1.29, 1.82) is 0 Å². The number of hydrogen-bond donors (Lipinski definition) is 1. The lowest BCUT2D eigenvalue weighted by Gasteiger charge is -2.09. The maximum atomic E-state index is 12.9. The van der Waals surface area contributed by atoms with Crippen LogP contribution in [0.3, 0.4) is 0 Å². The predicted octanol–water partition coefficient (Wildman–Crippen LogP) is 3.51. The molecule has 0 spiro atoms. The summed E-state index contributed by atoms with van der Waals surface area (Å²) in [6.07, 6.45) is 0.710. The van der Waals surface area contributed by atoms with Crippen molar-refractivity contribution >= 4 is 22.7 Å². The molecule has 31 heavy (non-hydrogen) atoms. The molecule has 1 amide bonds. The zero-order chi connectivity index (χ0) is 21.8. The smallest absolute Gasteiger partial charge is 0.322 e. The molecule has 2 aromatic carbocycles. The topological polar surface area (TPSA) is 112 Å². The number of nitrogens with zero attached hydrogens (tertiary/aromatic N) is 4. The predicted molar refractivity (Wildman–Crippen MR) is 115 cm³/mol. The lowest BCUT2D eigenvalue weighted by molar-refractivity contribution is 0.101. The van der Waals surface area contributed by atoms with E-state index in [-0.39, 0.29) is 23.2 Å². The number of rotatable bonds is 7. The molecule has 4 aromatic rings. The Morgan fingerprint density at radius 2 is 1.81 bits per heavy atom. The third-order valence-electron chi connectivity index (χ3n) is 4.58. The molecule has 0 saturated heterocycles. The summed E-state index contributed by atoms with van der Waals surface area (Å²) in [4.78, 5) is 25.5. The van der Waals surface area contributed by atoms with E-state index in [1.54, 1.807) is 48.5 Å². The number of anilines is 1. The van der Waals surface area contributed by atoms with Crippen LogP contribution in [-0.2, 0) is 6.54 Å². The van der Waals surface area contributed by atoms with Crippen LogP contribution in [0.15, 0.2) is 57.7 Å². The maximum Gasteiger partial charge on any atom is 0.322 e. The van der Waals surface area contributed by atoms with Gasteiger partial charge in [-0.25, -0.2) is 4.68 Å². The van der Waals surface area contributed by atoms with Crippen LogP contribution in [0.4, 0.5) is 6.01 Å². The Morgan fingerprint density at radius 3 is 2.52 bits per heavy atom. The molecular weight excluding hydrogens is 398 g/mol. The van der Waals surface area contributed by atoms with Crippen LogP contribution < -0.4 is 15.6 Å². The van der Waals surface area contributed by atoms with Crippen molar-refractivity contribution in [2.45, 2.75) is 26.8 Å². The minimum atomic E-state index is -0.539. The van der Waals surface area contributed by atoms with E-state index in [1.165, 1.54) is 4.68 Å². The zero-order valence-electron chi connectivity index (χ0n) is 17.2. The molecule has 0 aliphatic heterocycles. The molecule has 9 nitrogen and oxygen atoms in total. The number of aryl methyl sites for hydroxylation is 1. The molecule has 0 fully saturated rings. The van der Waals surface area contributed by atoms with E-state index in [2.05, 4.69) is 20.6 Å². The second-order valence-electron chi connectivity index (χ2n) is 6.75. The van der Waals surface area contributed by atoms with Gasteiger partial charge < -0.3 is 9.15 Å². The number of hydrogen-bond acceptors (Lipinski definition) is 7. The van der Waals surface area contributed by atoms with Crippen LogP contribution >= 0.6 is 0 Å². The SMILES string of the molecule is CCCn1nc(C(=O)Nc2nnc(-c3ccc(OCC)cc3)o2)c2ccccc2c1=O. The highest BCUT2D eigenvalue weighted by atomic mass is 16.5. The zero-order valence-corrected chi connectivity index (χ0v) is 17.2. The molecule has 2 heterocycles. The van der Waals surface area contributed by atoms with E-state index in [1.807, 2.05) is 13.8 Å². The van der Waals surface area contributed by atoms with Gasteiger partial charge in [0, 0.05) is 17.5 Å². The Kier molecular flexibility index (Phi) is 5.74. The maximum absolute atomic E-state index is 12.9. The third kappa shape index (κ3) is 4.16. The molecule has 158 valence electrons. The van der Waals surface area contributed by atoms with E-state index in [0.717, 1.165) is 5.75 Å². The molecule has 0 unspecified atom stereocenters. The van der Waals surface area contributed by atoms with Gasteiger partial charge >= 0.3 is 6.01 Å². The first-order valence-corrected chi connectivity index (χ1v) is 9.98. The first kappa shape index (κ1) is 20.3. The van der Waals surface area contributed by atoms with Gasteiger partial charge in [0.25, 0.3) is 11.5 Å². The second kappa shape index (κ2) is 8.78. The summed E-state index contributed by atoms with van der Waals surface area (Å²) in [6.45, 7) is 4.83. The van der Waals surface area contributed by atoms with E-state index in [4.69, 9.17) is 9.15 Å². The summed E-state index contributed by atoms with van der Waals surface area (Å²) < 4.78 is 12.3. The minimum Gasteiger partial charge on any atom is -0.494 e. The highest BCUT2D eigenvalue weighted by Crippen LogP contribution is 2.23. The summed E-state index contributed by atoms with van der Waals surface area (Å²) in [7, 11) is 0. The molecule has 4 rings (SSSR count). The average Bonchev–Trinajstić information content (AvgIpc) is 3.25. The van der Waals surface area contributed by atoms with Crippen molar-refractivity contribution in [2.24, 2.45) is 0 Å². The van der Waals surface area contributed by atoms with Crippen molar-refractivity contribution in [1.82, 2.24) is 20.0 Å². The van der Waals surface area contributed by atoms with Crippen molar-refractivity contribution in [3.63, 3.8) is 0 Å². The summed E-state index contributed by atoms with van der Waals surface area (Å²) in [6, 6.07) is 14.0. The van der Waals surface area contributed by atoms with Gasteiger partial charge in [0.05, 0.1) is 12.0 Å². The van der Waals surface area contributed by atoms with Crippen molar-refractivity contribution in [3.8, 4) is 17.2 Å². The first-order valence-electron chi connectivity index (χ1n) is 9.98. The van der Waals surface area contributed by atoms with Crippen LogP contribution in [0.5, 0.6) is 5.75 Å². The summed E-state index contributed by atoms with van der Waals surface area (Å²) in [5, 5.41) is 15.6. The quantitative estimate of drug-likeness (QED) is 0.488. The Morgan fingerprint density at radius 1 is 1.06 bits per heavy atom. The standard InChI is InChI=1S/C22H21N5O4/c1-3-13-27-21(29)17-8-6-5-7-16(17)18(26-27)19(28)23-22-25-24-20(31-22)14-9-11-15(12-10-14)30-4-2/h5-12H,3-4,13H2,1-2H3,(H,23,25,28). The second-order valence-corrected chi connectivity index (χ2v) is 6.75. The average molecular weight is 419 g/mol. The fourth-order valence-electron chi connectivity index (χ4n) is 3.17. The van der Waals surface area contributed by atoms with Gasteiger partial charge in [0.1, 0.15) is 5.75 Å². The van der Waals surface area contributed by atoms with Gasteiger partial charge in [-0.05, 0) is 43.7 Å². The molecule has 0 bridgehead atoms. The molecule has 2 aromatic heterocycles. The van der Waals surface area contributed by atoms with Crippen LogP contribution in [0.1, 0.15) is 30.8 Å². The normalized spacial score (nSPS) is 10.9. The molecule has 0 aliphatic rings. The Labute approximate surface area is 177 Å². The van der Waals surface area contributed by atoms with E-state index in [0.29, 0.717) is 35.9 Å². The van der Waals surface area contributed by atoms with E-state index >= 15 is 0 Å². The number of amides is 1. The number of carbonyl (C=O) groups is 1. The van der Waals surface area contributed by atoms with Crippen molar-refractivity contribution in [2.75, 3.05) is 11.9 Å². The first-order chi connectivity index (χ1) is 15.1. The van der Waals surface area contributed by atoms with Crippen molar-refractivity contribution in [3.05, 3.63) is 64.6 Å². The van der Waals surface area contributed by atoms with Crippen LogP contribution in [0.2, 0.25) is 0 Å². The van der Waals surface area contributed by atoms with Gasteiger partial charge in [0.15, 0.2) is 5.69 Å². The Bertz CT molecular complexity index is 1280. The fraction of sp³-hybridized carbons (Fsp3) is 0.227. The molecule has 0 saturated carbocycles. The summed E-state index contributed by atoms with van der Waals surface area (Å²) in [5.41, 5.74) is 0.575. The Hall–Kier alpha value is -4.01. The van der Waals surface area contributed by atoms with Gasteiger partial charge in [0.2, 0.25) is 5.89 Å². The lowest BCUT2D eigenvalue weighted by atomic mass is 10.1. The highest BCUT2D eigenvalue weighted by Gasteiger charge is 2.19. The van der Waals surface area contributed by atoms with Crippen LogP contribution in [-0.4, -0.2) is 32.5 Å². The lowest BCUT2D eigenvalue weighted by Crippen LogP contribution is -2.27. The third-order valence-corrected chi connectivity index (χ3v) is 4.58. The summed E-state index contributed by atoms with van der Waals surface area (Å²) >= 11 is 0. The monoisotopic (exact) mass is 419 g/mol. The number of nitrogens with one attached hydrogen (secondary N) is 1. The largest absolute Gasteiger partial charge is 0.494 e. The number of benzene rings is 2. The van der Waals surface area contributed by atoms with Gasteiger partial charge in [-0.1, -0.05) is 30.2 Å². The fourth-order valence-corrected chi connectivity index (χ4v) is 3.17. The highest BCUT2D eigenvalue weighted by molar-refractivity contribution is 6.10. The van der Waals surface area contributed by atoms with Gasteiger partial charge in [-0.3, -0.25) is 14.9 Å². The number of aromatic nitrogens is 4. The molecule has 0 aliphatic carbocycles. The molecule has 9 heteroatoms. The number of ether oxygens (including phenoxy) is 1. The van der Waals surface area contributed by atoms with Crippen LogP contribution in [0.25, 0.3) is 22.2 Å². The molecule has 0 atom stereocenters. The summed E-state index contributed by atoms with van der Waals surface area (Å²) in [5.74, 6) is 0.453. The van der Waals surface area contributed by atoms with Gasteiger partial charge in [-0.15, -0.1) is 5.10 Å². The van der Waals surface area contributed by atoms with E-state index < -0.39 is 5.91 Å². The molecular formula is C22H21N5O4. The van der Waals surface area contributed by atoms with Crippen molar-refractivity contribution < 1.29 is 13.9 Å². The number of carbonyl (C=O) groups excluding carboxylic acids is 1. The molecule has 0 radical (unpaired) electrons. The van der Waals surface area contributed by atoms with Gasteiger partial charge in [-0.2, -0.15) is 5.10 Å². The molecule has 1 N–H and O–H groups in total. The minimum absolute atomic E-state index is 0.0620.